The highest BCUT2D eigenvalue weighted by atomic mass is 15.0. The number of hydrogen-bond acceptors (Lipinski definition) is 6. The van der Waals surface area contributed by atoms with Crippen LogP contribution in [-0.4, -0.2) is 28.7 Å². The van der Waals surface area contributed by atoms with Crippen molar-refractivity contribution >= 4 is 65.4 Å². The van der Waals surface area contributed by atoms with Crippen LogP contribution >= 0.6 is 0 Å². The van der Waals surface area contributed by atoms with E-state index in [4.69, 9.17) is 0 Å². The number of pyridine rings is 3. The van der Waals surface area contributed by atoms with Crippen molar-refractivity contribution in [2.75, 3.05) is 0 Å². The van der Waals surface area contributed by atoms with E-state index in [1.54, 1.807) is 37.2 Å². The van der Waals surface area contributed by atoms with E-state index in [-0.39, 0.29) is 0 Å². The first-order chi connectivity index (χ1) is 48.2. The fraction of sp³-hybridized carbons (Fsp3) is 0.0562. The minimum Gasteiger partial charge on any atom is -0.309 e. The van der Waals surface area contributed by atoms with E-state index < -0.39 is 0 Å². The van der Waals surface area contributed by atoms with Gasteiger partial charge < -0.3 is 13.7 Å². The molecule has 9 heteroatoms. The third-order valence-corrected chi connectivity index (χ3v) is 19.8. The van der Waals surface area contributed by atoms with Crippen molar-refractivity contribution in [3.8, 4) is 90.9 Å². The third-order valence-electron chi connectivity index (χ3n) is 19.8. The molecule has 0 spiro atoms. The van der Waals surface area contributed by atoms with E-state index in [9.17, 15) is 15.8 Å². The summed E-state index contributed by atoms with van der Waals surface area (Å²) in [4.78, 5) is 12.9. The molecular weight excluding hydrogens is 1200 g/mol. The van der Waals surface area contributed by atoms with E-state index in [0.717, 1.165) is 171 Å². The molecule has 9 nitrogen and oxygen atoms in total. The first-order valence-corrected chi connectivity index (χ1v) is 32.9. The van der Waals surface area contributed by atoms with Crippen molar-refractivity contribution in [3.05, 3.63) is 335 Å². The van der Waals surface area contributed by atoms with Gasteiger partial charge in [0.2, 0.25) is 0 Å². The molecule has 0 bridgehead atoms. The molecule has 0 aliphatic rings. The zero-order chi connectivity index (χ0) is 66.1. The molecule has 6 aromatic heterocycles. The summed E-state index contributed by atoms with van der Waals surface area (Å²) in [6, 6.07) is 93.4. The Morgan fingerprint density at radius 2 is 0.694 bits per heavy atom. The molecule has 0 unspecified atom stereocenters. The Balaban J connectivity index is 0.823. The summed E-state index contributed by atoms with van der Waals surface area (Å²) in [7, 11) is 0. The molecule has 98 heavy (non-hydrogen) atoms. The van der Waals surface area contributed by atoms with E-state index in [2.05, 4.69) is 262 Å². The highest BCUT2D eigenvalue weighted by Crippen LogP contribution is 2.45. The van der Waals surface area contributed by atoms with Crippen LogP contribution in [0.2, 0.25) is 0 Å². The molecule has 11 aromatic carbocycles. The average molecular weight is 1250 g/mol. The molecular formula is C89H59N9. The maximum atomic E-state index is 11.0. The summed E-state index contributed by atoms with van der Waals surface area (Å²) in [5.41, 5.74) is 28.3. The Morgan fingerprint density at radius 1 is 0.296 bits per heavy atom. The Hall–Kier alpha value is -13.3. The van der Waals surface area contributed by atoms with Crippen molar-refractivity contribution < 1.29 is 0 Å². The summed E-state index contributed by atoms with van der Waals surface area (Å²) in [6.45, 7) is 6.57. The van der Waals surface area contributed by atoms with Gasteiger partial charge in [-0.3, -0.25) is 15.0 Å². The fourth-order valence-electron chi connectivity index (χ4n) is 15.2. The van der Waals surface area contributed by atoms with E-state index >= 15 is 0 Å². The lowest BCUT2D eigenvalue weighted by molar-refractivity contribution is 1.11. The Labute approximate surface area is 566 Å². The van der Waals surface area contributed by atoms with Gasteiger partial charge in [0.15, 0.2) is 0 Å². The molecule has 0 N–H and O–H groups in total. The van der Waals surface area contributed by atoms with Gasteiger partial charge in [0.25, 0.3) is 0 Å². The third kappa shape index (κ3) is 9.78. The minimum absolute atomic E-state index is 0.575. The van der Waals surface area contributed by atoms with Gasteiger partial charge in [0.1, 0.15) is 0 Å². The first kappa shape index (κ1) is 58.6. The molecule has 6 heterocycles. The number of nitrogens with zero attached hydrogens (tertiary/aromatic N) is 9. The molecule has 0 atom stereocenters. The zero-order valence-electron chi connectivity index (χ0n) is 54.0. The van der Waals surface area contributed by atoms with Crippen LogP contribution in [0.15, 0.2) is 280 Å². The number of benzene rings is 11. The Kier molecular flexibility index (Phi) is 14.3. The monoisotopic (exact) mass is 1250 g/mol. The SMILES string of the molecule is Cc1cc(-c2ccncc2)c(C#N)cc1-n1c2cc(Cc3ccc4c5ccccc5n(-c5cc(C#N)c(-c6ccncc6)cc5-c5ccccc5)c4c3)ccc2c2ccc(Cc3ccc4c5cccc(C)c5n(-c5cc(C#N)c(-c6ccncc6)cc5-c5ccccc5)c4c3C)cc21. The second kappa shape index (κ2) is 23.9. The molecule has 0 aliphatic carbocycles. The van der Waals surface area contributed by atoms with Crippen molar-refractivity contribution in [2.24, 2.45) is 0 Å². The summed E-state index contributed by atoms with van der Waals surface area (Å²) in [5, 5.41) is 39.6. The first-order valence-electron chi connectivity index (χ1n) is 32.9. The van der Waals surface area contributed by atoms with E-state index in [1.807, 2.05) is 48.5 Å². The molecule has 0 amide bonds. The van der Waals surface area contributed by atoms with Crippen LogP contribution in [0.5, 0.6) is 0 Å². The largest absolute Gasteiger partial charge is 0.309 e. The van der Waals surface area contributed by atoms with Gasteiger partial charge in [-0.25, -0.2) is 0 Å². The van der Waals surface area contributed by atoms with Crippen LogP contribution in [0.1, 0.15) is 55.6 Å². The maximum absolute atomic E-state index is 11.0. The average Bonchev–Trinajstić information content (AvgIpc) is 1.57. The molecule has 460 valence electrons. The van der Waals surface area contributed by atoms with Crippen LogP contribution in [0.25, 0.3) is 138 Å². The minimum atomic E-state index is 0.575. The molecule has 17 rings (SSSR count). The number of aromatic nitrogens is 6. The van der Waals surface area contributed by atoms with Crippen LogP contribution in [-0.2, 0) is 12.8 Å². The van der Waals surface area contributed by atoms with Crippen LogP contribution in [0, 0.1) is 54.8 Å². The summed E-state index contributed by atoms with van der Waals surface area (Å²) >= 11 is 0. The molecule has 0 aliphatic heterocycles. The molecule has 0 saturated carbocycles. The standard InChI is InChI=1S/C89H59N9/c1-55-13-12-19-74-75-28-24-66(57(3)89(75)98(88(55)74)87-49-69(54-92)78(65-33-39-95-40-34-65)51-80(87)62-16-8-5-9-17-62)43-60-23-27-73-72-26-22-59(45-84(72)97(85(73)46-60)82-47-67(52-90)76(41-56(82)2)63-29-35-93-36-30-63)42-58-21-25-71-70-18-10-11-20-81(70)96(83(71)44-58)86-48-68(53-91)77(64-31-37-94-38-32-64)50-79(86)61-14-6-4-7-15-61/h4-41,44-51H,42-43H2,1-3H3. The van der Waals surface area contributed by atoms with E-state index in [1.165, 1.54) is 5.56 Å². The van der Waals surface area contributed by atoms with Crippen molar-refractivity contribution in [1.29, 1.82) is 15.8 Å². The fourth-order valence-corrected chi connectivity index (χ4v) is 15.2. The molecule has 0 saturated heterocycles. The van der Waals surface area contributed by atoms with Gasteiger partial charge in [-0.15, -0.1) is 0 Å². The van der Waals surface area contributed by atoms with Gasteiger partial charge in [-0.05, 0) is 203 Å². The van der Waals surface area contributed by atoms with Gasteiger partial charge >= 0.3 is 0 Å². The van der Waals surface area contributed by atoms with Crippen LogP contribution < -0.4 is 0 Å². The molecule has 0 fully saturated rings. The number of nitriles is 3. The van der Waals surface area contributed by atoms with Crippen LogP contribution in [0.3, 0.4) is 0 Å². The second-order valence-corrected chi connectivity index (χ2v) is 25.4. The number of hydrogen-bond donors (Lipinski definition) is 0. The van der Waals surface area contributed by atoms with Crippen molar-refractivity contribution in [3.63, 3.8) is 0 Å². The lowest BCUT2D eigenvalue weighted by Gasteiger charge is -2.19. The predicted octanol–water partition coefficient (Wildman–Crippen LogP) is 21.2. The molecule has 17 aromatic rings. The summed E-state index contributed by atoms with van der Waals surface area (Å²) in [5.74, 6) is 0. The second-order valence-electron chi connectivity index (χ2n) is 25.4. The number of para-hydroxylation sites is 2. The quantitative estimate of drug-likeness (QED) is 0.120. The van der Waals surface area contributed by atoms with Gasteiger partial charge in [-0.1, -0.05) is 146 Å². The van der Waals surface area contributed by atoms with Gasteiger partial charge in [0, 0.05) is 91.8 Å². The highest BCUT2D eigenvalue weighted by Gasteiger charge is 2.25. The molecule has 0 radical (unpaired) electrons. The Morgan fingerprint density at radius 3 is 1.20 bits per heavy atom. The van der Waals surface area contributed by atoms with E-state index in [0.29, 0.717) is 29.5 Å². The highest BCUT2D eigenvalue weighted by molar-refractivity contribution is 6.14. The van der Waals surface area contributed by atoms with Crippen LogP contribution in [0.4, 0.5) is 0 Å². The predicted molar refractivity (Wildman–Crippen MR) is 397 cm³/mol. The number of fused-ring (bicyclic) bond motifs is 9. The topological polar surface area (TPSA) is 125 Å². The lowest BCUT2D eigenvalue weighted by atomic mass is 9.93. The summed E-state index contributed by atoms with van der Waals surface area (Å²) in [6.07, 6.45) is 11.9. The van der Waals surface area contributed by atoms with Gasteiger partial charge in [0.05, 0.1) is 85.1 Å². The van der Waals surface area contributed by atoms with Crippen molar-refractivity contribution in [1.82, 2.24) is 28.7 Å². The maximum Gasteiger partial charge on any atom is 0.0998 e. The lowest BCUT2D eigenvalue weighted by Crippen LogP contribution is -2.03. The smallest absolute Gasteiger partial charge is 0.0998 e. The number of rotatable bonds is 12. The number of aryl methyl sites for hydroxylation is 3. The van der Waals surface area contributed by atoms with Crippen molar-refractivity contribution in [2.45, 2.75) is 33.6 Å². The normalized spacial score (nSPS) is 11.5. The Bertz CT molecular complexity index is 6220. The summed E-state index contributed by atoms with van der Waals surface area (Å²) < 4.78 is 7.13. The van der Waals surface area contributed by atoms with Gasteiger partial charge in [-0.2, -0.15) is 15.8 Å². The zero-order valence-corrected chi connectivity index (χ0v) is 54.0.